The van der Waals surface area contributed by atoms with Crippen molar-refractivity contribution >= 4 is 21.6 Å². The van der Waals surface area contributed by atoms with Gasteiger partial charge in [0.05, 0.1) is 24.8 Å². The summed E-state index contributed by atoms with van der Waals surface area (Å²) in [4.78, 5) is 17.4. The van der Waals surface area contributed by atoms with Gasteiger partial charge in [-0.25, -0.2) is 8.42 Å². The Balaban J connectivity index is 1.81. The summed E-state index contributed by atoms with van der Waals surface area (Å²) in [5, 5.41) is 0. The van der Waals surface area contributed by atoms with E-state index in [1.165, 1.54) is 26.4 Å². The fraction of sp³-hybridized carbons (Fsp3) is 0.458. The third-order valence-electron chi connectivity index (χ3n) is 5.81. The molecule has 2 aromatic carbocycles. The molecule has 1 aliphatic heterocycles. The summed E-state index contributed by atoms with van der Waals surface area (Å²) in [6.45, 7) is 8.19. The first-order valence-corrected chi connectivity index (χ1v) is 12.6. The van der Waals surface area contributed by atoms with E-state index in [-0.39, 0.29) is 10.8 Å². The predicted molar refractivity (Wildman–Crippen MR) is 129 cm³/mol. The topological polar surface area (TPSA) is 88.2 Å². The molecule has 1 N–H and O–H groups in total. The summed E-state index contributed by atoms with van der Waals surface area (Å²) in [6, 6.07) is 9.53. The molecule has 1 aliphatic rings. The first kappa shape index (κ1) is 24.9. The van der Waals surface area contributed by atoms with E-state index in [1.54, 1.807) is 31.2 Å². The zero-order chi connectivity index (χ0) is 24.0. The molecule has 0 spiro atoms. The smallest absolute Gasteiger partial charge is 0.262 e. The zero-order valence-corrected chi connectivity index (χ0v) is 20.6. The molecule has 1 heterocycles. The number of rotatable bonds is 8. The van der Waals surface area contributed by atoms with Crippen LogP contribution in [0, 0.1) is 6.92 Å². The highest BCUT2D eigenvalue weighted by molar-refractivity contribution is 7.92. The summed E-state index contributed by atoms with van der Waals surface area (Å²) < 4.78 is 39.1. The van der Waals surface area contributed by atoms with Crippen LogP contribution < -0.4 is 14.2 Å². The van der Waals surface area contributed by atoms with Crippen LogP contribution in [0.5, 0.6) is 11.5 Å². The minimum Gasteiger partial charge on any atom is -0.493 e. The summed E-state index contributed by atoms with van der Waals surface area (Å²) >= 11 is 0. The number of ether oxygens (including phenoxy) is 2. The van der Waals surface area contributed by atoms with Crippen molar-refractivity contribution in [2.75, 3.05) is 51.7 Å². The second-order valence-corrected chi connectivity index (χ2v) is 9.82. The molecule has 0 radical (unpaired) electrons. The number of anilines is 1. The number of hydrogen-bond acceptors (Lipinski definition) is 6. The van der Waals surface area contributed by atoms with E-state index >= 15 is 0 Å². The molecule has 8 nitrogen and oxygen atoms in total. The van der Waals surface area contributed by atoms with Gasteiger partial charge in [-0.05, 0) is 62.7 Å². The van der Waals surface area contributed by atoms with Crippen LogP contribution in [0.4, 0.5) is 5.69 Å². The molecule has 3 rings (SSSR count). The Kier molecular flexibility index (Phi) is 8.20. The van der Waals surface area contributed by atoms with E-state index in [9.17, 15) is 13.2 Å². The van der Waals surface area contributed by atoms with Gasteiger partial charge in [0, 0.05) is 31.3 Å². The number of amides is 1. The Labute approximate surface area is 196 Å². The second kappa shape index (κ2) is 10.9. The molecule has 2 aromatic rings. The van der Waals surface area contributed by atoms with E-state index in [2.05, 4.69) is 16.5 Å². The fourth-order valence-corrected chi connectivity index (χ4v) is 5.09. The van der Waals surface area contributed by atoms with Gasteiger partial charge in [-0.1, -0.05) is 13.0 Å². The van der Waals surface area contributed by atoms with Crippen LogP contribution in [-0.2, 0) is 10.0 Å². The quantitative estimate of drug-likeness (QED) is 0.630. The lowest BCUT2D eigenvalue weighted by Crippen LogP contribution is -2.35. The molecular weight excluding hydrogens is 442 g/mol. The van der Waals surface area contributed by atoms with Crippen LogP contribution in [0.2, 0.25) is 0 Å². The average molecular weight is 476 g/mol. The molecular formula is C24H33N3O5S. The lowest BCUT2D eigenvalue weighted by molar-refractivity contribution is 0.0761. The fourth-order valence-electron chi connectivity index (χ4n) is 3.95. The van der Waals surface area contributed by atoms with Crippen molar-refractivity contribution in [3.05, 3.63) is 47.5 Å². The molecule has 1 fully saturated rings. The highest BCUT2D eigenvalue weighted by atomic mass is 32.2. The molecule has 0 unspecified atom stereocenters. The largest absolute Gasteiger partial charge is 0.493 e. The van der Waals surface area contributed by atoms with Gasteiger partial charge < -0.3 is 19.3 Å². The molecule has 0 aliphatic carbocycles. The number of sulfonamides is 1. The molecule has 180 valence electrons. The van der Waals surface area contributed by atoms with E-state index < -0.39 is 10.0 Å². The van der Waals surface area contributed by atoms with Gasteiger partial charge in [0.15, 0.2) is 11.5 Å². The number of methoxy groups -OCH3 is 2. The van der Waals surface area contributed by atoms with Crippen LogP contribution in [0.25, 0.3) is 0 Å². The molecule has 0 atom stereocenters. The van der Waals surface area contributed by atoms with Crippen molar-refractivity contribution in [3.63, 3.8) is 0 Å². The normalized spacial score (nSPS) is 15.1. The lowest BCUT2D eigenvalue weighted by atomic mass is 10.1. The van der Waals surface area contributed by atoms with Gasteiger partial charge in [0.1, 0.15) is 0 Å². The monoisotopic (exact) mass is 475 g/mol. The van der Waals surface area contributed by atoms with Crippen molar-refractivity contribution < 1.29 is 22.7 Å². The third kappa shape index (κ3) is 5.97. The lowest BCUT2D eigenvalue weighted by Gasteiger charge is -2.22. The second-order valence-electron chi connectivity index (χ2n) is 8.14. The Morgan fingerprint density at radius 3 is 2.45 bits per heavy atom. The van der Waals surface area contributed by atoms with Gasteiger partial charge in [0.2, 0.25) is 0 Å². The van der Waals surface area contributed by atoms with Gasteiger partial charge in [-0.15, -0.1) is 0 Å². The predicted octanol–water partition coefficient (Wildman–Crippen LogP) is 3.37. The number of benzene rings is 2. The maximum absolute atomic E-state index is 13.2. The van der Waals surface area contributed by atoms with Gasteiger partial charge in [0.25, 0.3) is 15.9 Å². The maximum Gasteiger partial charge on any atom is 0.262 e. The maximum atomic E-state index is 13.2. The van der Waals surface area contributed by atoms with Crippen LogP contribution >= 0.6 is 0 Å². The van der Waals surface area contributed by atoms with Crippen molar-refractivity contribution in [3.8, 4) is 11.5 Å². The number of carbonyl (C=O) groups is 1. The molecule has 0 bridgehead atoms. The Morgan fingerprint density at radius 1 is 1.00 bits per heavy atom. The van der Waals surface area contributed by atoms with Crippen LogP contribution in [0.1, 0.15) is 35.7 Å². The van der Waals surface area contributed by atoms with Gasteiger partial charge in [-0.3, -0.25) is 9.52 Å². The molecule has 0 saturated carbocycles. The number of nitrogens with zero attached hydrogens (tertiary/aromatic N) is 2. The number of carbonyl (C=O) groups excluding carboxylic acids is 1. The Morgan fingerprint density at radius 2 is 1.76 bits per heavy atom. The van der Waals surface area contributed by atoms with Crippen molar-refractivity contribution in [1.29, 1.82) is 0 Å². The van der Waals surface area contributed by atoms with E-state index in [1.807, 2.05) is 4.90 Å². The standard InChI is InChI=1S/C24H33N3O5S/c1-5-11-26-12-6-13-27(15-14-26)24(28)19-8-7-18(2)21(16-19)25-33(29,30)20-9-10-22(31-3)23(17-20)32-4/h7-10,16-17,25H,5-6,11-15H2,1-4H3. The van der Waals surface area contributed by atoms with E-state index in [0.717, 1.165) is 38.0 Å². The Hall–Kier alpha value is -2.78. The summed E-state index contributed by atoms with van der Waals surface area (Å²) in [7, 11) is -0.960. The summed E-state index contributed by atoms with van der Waals surface area (Å²) in [5.74, 6) is 0.675. The molecule has 0 aromatic heterocycles. The van der Waals surface area contributed by atoms with Gasteiger partial charge >= 0.3 is 0 Å². The van der Waals surface area contributed by atoms with Crippen molar-refractivity contribution in [1.82, 2.24) is 9.80 Å². The summed E-state index contributed by atoms with van der Waals surface area (Å²) in [6.07, 6.45) is 2.02. The van der Waals surface area contributed by atoms with Crippen LogP contribution in [-0.4, -0.2) is 71.1 Å². The van der Waals surface area contributed by atoms with Crippen LogP contribution in [0.3, 0.4) is 0 Å². The zero-order valence-electron chi connectivity index (χ0n) is 19.8. The van der Waals surface area contributed by atoms with Crippen molar-refractivity contribution in [2.24, 2.45) is 0 Å². The van der Waals surface area contributed by atoms with Crippen molar-refractivity contribution in [2.45, 2.75) is 31.6 Å². The minimum absolute atomic E-state index is 0.0415. The SMILES string of the molecule is CCCN1CCCN(C(=O)c2ccc(C)c(NS(=O)(=O)c3ccc(OC)c(OC)c3)c2)CC1. The van der Waals surface area contributed by atoms with Gasteiger partial charge in [-0.2, -0.15) is 0 Å². The highest BCUT2D eigenvalue weighted by Crippen LogP contribution is 2.30. The minimum atomic E-state index is -3.90. The van der Waals surface area contributed by atoms with E-state index in [0.29, 0.717) is 35.8 Å². The number of nitrogens with one attached hydrogen (secondary N) is 1. The van der Waals surface area contributed by atoms with Crippen LogP contribution in [0.15, 0.2) is 41.3 Å². The number of hydrogen-bond donors (Lipinski definition) is 1. The average Bonchev–Trinajstić information content (AvgIpc) is 3.05. The summed E-state index contributed by atoms with van der Waals surface area (Å²) in [5.41, 5.74) is 1.56. The molecule has 1 saturated heterocycles. The molecule has 33 heavy (non-hydrogen) atoms. The molecule has 9 heteroatoms. The first-order chi connectivity index (χ1) is 15.8. The third-order valence-corrected chi connectivity index (χ3v) is 7.17. The highest BCUT2D eigenvalue weighted by Gasteiger charge is 2.22. The van der Waals surface area contributed by atoms with E-state index in [4.69, 9.17) is 9.47 Å². The Bertz CT molecular complexity index is 1090. The molecule has 1 amide bonds. The number of aryl methyl sites for hydroxylation is 1. The first-order valence-electron chi connectivity index (χ1n) is 11.2.